The Balaban J connectivity index is 1.72. The van der Waals surface area contributed by atoms with Crippen LogP contribution in [0.5, 0.6) is 0 Å². The van der Waals surface area contributed by atoms with E-state index in [0.717, 1.165) is 31.2 Å². The van der Waals surface area contributed by atoms with Gasteiger partial charge in [0.1, 0.15) is 5.82 Å². The second-order valence-electron chi connectivity index (χ2n) is 4.07. The number of rotatable bonds is 3. The summed E-state index contributed by atoms with van der Waals surface area (Å²) >= 11 is 0. The summed E-state index contributed by atoms with van der Waals surface area (Å²) in [7, 11) is 0. The first-order valence-corrected chi connectivity index (χ1v) is 5.71. The molecule has 5 heteroatoms. The van der Waals surface area contributed by atoms with Gasteiger partial charge in [-0.05, 0) is 25.0 Å². The minimum absolute atomic E-state index is 0.724. The van der Waals surface area contributed by atoms with E-state index in [9.17, 15) is 0 Å². The zero-order valence-electron chi connectivity index (χ0n) is 9.13. The van der Waals surface area contributed by atoms with E-state index in [-0.39, 0.29) is 0 Å². The Labute approximate surface area is 94.1 Å². The maximum Gasteiger partial charge on any atom is 0.154 e. The van der Waals surface area contributed by atoms with Gasteiger partial charge < -0.3 is 9.99 Å². The van der Waals surface area contributed by atoms with Crippen LogP contribution in [0.3, 0.4) is 0 Å². The molecule has 1 N–H and O–H groups in total. The van der Waals surface area contributed by atoms with Crippen molar-refractivity contribution in [3.63, 3.8) is 0 Å². The van der Waals surface area contributed by atoms with Gasteiger partial charge >= 0.3 is 0 Å². The summed E-state index contributed by atoms with van der Waals surface area (Å²) in [5.41, 5.74) is 3.27. The maximum atomic E-state index is 4.23. The molecule has 0 spiro atoms. The molecule has 2 aromatic heterocycles. The van der Waals surface area contributed by atoms with Crippen LogP contribution in [0, 0.1) is 0 Å². The predicted octanol–water partition coefficient (Wildman–Crippen LogP) is 1.16. The third-order valence-corrected chi connectivity index (χ3v) is 2.96. The van der Waals surface area contributed by atoms with Crippen molar-refractivity contribution in [3.8, 4) is 0 Å². The van der Waals surface area contributed by atoms with Crippen LogP contribution in [-0.2, 0) is 19.5 Å². The lowest BCUT2D eigenvalue weighted by atomic mass is 10.2. The van der Waals surface area contributed by atoms with Gasteiger partial charge in [0, 0.05) is 25.4 Å². The molecule has 5 nitrogen and oxygen atoms in total. The second-order valence-corrected chi connectivity index (χ2v) is 4.07. The normalized spacial score (nSPS) is 14.8. The number of hydrogen-bond acceptors (Lipinski definition) is 3. The minimum Gasteiger partial charge on any atom is -0.319 e. The van der Waals surface area contributed by atoms with Crippen LogP contribution in [0.2, 0.25) is 0 Å². The molecule has 0 bridgehead atoms. The first kappa shape index (κ1) is 9.45. The van der Waals surface area contributed by atoms with Crippen LogP contribution in [0.25, 0.3) is 0 Å². The van der Waals surface area contributed by atoms with Gasteiger partial charge in [0.25, 0.3) is 0 Å². The van der Waals surface area contributed by atoms with E-state index >= 15 is 0 Å². The molecule has 1 aliphatic heterocycles. The van der Waals surface area contributed by atoms with Crippen LogP contribution in [0.15, 0.2) is 24.5 Å². The van der Waals surface area contributed by atoms with Gasteiger partial charge in [-0.1, -0.05) is 0 Å². The first-order chi connectivity index (χ1) is 7.93. The number of nitrogens with zero attached hydrogens (tertiary/aromatic N) is 4. The van der Waals surface area contributed by atoms with Crippen molar-refractivity contribution in [2.24, 2.45) is 0 Å². The quantitative estimate of drug-likeness (QED) is 0.839. The van der Waals surface area contributed by atoms with Crippen molar-refractivity contribution in [1.82, 2.24) is 19.4 Å². The van der Waals surface area contributed by atoms with Crippen molar-refractivity contribution in [2.75, 3.05) is 5.43 Å². The Bertz CT molecular complexity index is 457. The van der Waals surface area contributed by atoms with E-state index in [1.165, 1.54) is 12.8 Å². The highest BCUT2D eigenvalue weighted by Gasteiger charge is 2.14. The molecule has 1 aliphatic rings. The smallest absolute Gasteiger partial charge is 0.154 e. The molecule has 0 unspecified atom stereocenters. The van der Waals surface area contributed by atoms with Crippen LogP contribution in [-0.4, -0.2) is 19.4 Å². The molecule has 0 radical (unpaired) electrons. The summed E-state index contributed by atoms with van der Waals surface area (Å²) in [5, 5.41) is 8.45. The number of nitrogens with one attached hydrogen (secondary N) is 1. The van der Waals surface area contributed by atoms with E-state index in [0.29, 0.717) is 0 Å². The highest BCUT2D eigenvalue weighted by atomic mass is 15.4. The van der Waals surface area contributed by atoms with Crippen molar-refractivity contribution < 1.29 is 0 Å². The Morgan fingerprint density at radius 3 is 2.94 bits per heavy atom. The summed E-state index contributed by atoms with van der Waals surface area (Å²) in [6.45, 7) is 1.78. The molecular weight excluding hydrogens is 202 g/mol. The highest BCUT2D eigenvalue weighted by Crippen LogP contribution is 2.14. The molecule has 3 rings (SSSR count). The molecule has 0 fully saturated rings. The summed E-state index contributed by atoms with van der Waals surface area (Å²) in [4.78, 5) is 0. The molecule has 0 saturated heterocycles. The molecule has 0 aromatic carbocycles. The minimum atomic E-state index is 0.724. The summed E-state index contributed by atoms with van der Waals surface area (Å²) < 4.78 is 4.17. The first-order valence-electron chi connectivity index (χ1n) is 5.71. The van der Waals surface area contributed by atoms with Gasteiger partial charge in [0.2, 0.25) is 0 Å². The monoisotopic (exact) mass is 217 g/mol. The van der Waals surface area contributed by atoms with Gasteiger partial charge in [0.15, 0.2) is 5.82 Å². The zero-order valence-corrected chi connectivity index (χ0v) is 9.13. The van der Waals surface area contributed by atoms with Crippen LogP contribution >= 0.6 is 0 Å². The second kappa shape index (κ2) is 4.00. The Morgan fingerprint density at radius 1 is 1.19 bits per heavy atom. The van der Waals surface area contributed by atoms with Crippen LogP contribution < -0.4 is 5.43 Å². The topological polar surface area (TPSA) is 47.7 Å². The van der Waals surface area contributed by atoms with E-state index in [1.54, 1.807) is 0 Å². The molecule has 84 valence electrons. The van der Waals surface area contributed by atoms with Crippen molar-refractivity contribution in [1.29, 1.82) is 0 Å². The molecule has 16 heavy (non-hydrogen) atoms. The fourth-order valence-corrected chi connectivity index (χ4v) is 2.10. The summed E-state index contributed by atoms with van der Waals surface area (Å²) in [5.74, 6) is 2.17. The molecule has 2 aromatic rings. The highest BCUT2D eigenvalue weighted by molar-refractivity contribution is 5.01. The fourth-order valence-electron chi connectivity index (χ4n) is 2.10. The lowest BCUT2D eigenvalue weighted by Crippen LogP contribution is -2.18. The third kappa shape index (κ3) is 1.68. The van der Waals surface area contributed by atoms with Gasteiger partial charge in [-0.15, -0.1) is 10.2 Å². The molecule has 3 heterocycles. The van der Waals surface area contributed by atoms with Crippen LogP contribution in [0.1, 0.15) is 24.5 Å². The average Bonchev–Trinajstić information content (AvgIpc) is 2.96. The molecule has 0 saturated carbocycles. The predicted molar refractivity (Wildman–Crippen MR) is 60.5 cm³/mol. The van der Waals surface area contributed by atoms with Crippen molar-refractivity contribution in [3.05, 3.63) is 36.2 Å². The third-order valence-electron chi connectivity index (χ3n) is 2.96. The number of aryl methyl sites for hydroxylation is 1. The van der Waals surface area contributed by atoms with E-state index < -0.39 is 0 Å². The molecule has 0 amide bonds. The lowest BCUT2D eigenvalue weighted by Gasteiger charge is -2.15. The van der Waals surface area contributed by atoms with Crippen LogP contribution in [0.4, 0.5) is 0 Å². The van der Waals surface area contributed by atoms with Gasteiger partial charge in [-0.3, -0.25) is 4.68 Å². The summed E-state index contributed by atoms with van der Waals surface area (Å²) in [6, 6.07) is 3.98. The summed E-state index contributed by atoms with van der Waals surface area (Å²) in [6.07, 6.45) is 7.50. The van der Waals surface area contributed by atoms with E-state index in [1.807, 2.05) is 29.2 Å². The van der Waals surface area contributed by atoms with Crippen molar-refractivity contribution >= 4 is 0 Å². The number of hydrogen-bond donors (Lipinski definition) is 1. The SMILES string of the molecule is c1ccn(NCc2nnc3n2CCCC3)c1. The number of fused-ring (bicyclic) bond motifs is 1. The molecule has 0 atom stereocenters. The average molecular weight is 217 g/mol. The largest absolute Gasteiger partial charge is 0.319 e. The lowest BCUT2D eigenvalue weighted by molar-refractivity contribution is 0.507. The van der Waals surface area contributed by atoms with Gasteiger partial charge in [0.05, 0.1) is 6.54 Å². The zero-order chi connectivity index (χ0) is 10.8. The Morgan fingerprint density at radius 2 is 2.06 bits per heavy atom. The maximum absolute atomic E-state index is 4.23. The van der Waals surface area contributed by atoms with Gasteiger partial charge in [-0.25, -0.2) is 0 Å². The van der Waals surface area contributed by atoms with Gasteiger partial charge in [-0.2, -0.15) is 0 Å². The molecule has 0 aliphatic carbocycles. The standard InChI is InChI=1S/C11H15N5/c1-2-8-16-10(5-1)13-14-11(16)9-12-15-6-3-4-7-15/h3-4,6-7,12H,1-2,5,8-9H2. The van der Waals surface area contributed by atoms with E-state index in [4.69, 9.17) is 0 Å². The number of aromatic nitrogens is 4. The fraction of sp³-hybridized carbons (Fsp3) is 0.455. The Kier molecular flexibility index (Phi) is 2.36. The van der Waals surface area contributed by atoms with Crippen molar-refractivity contribution in [2.45, 2.75) is 32.4 Å². The molecular formula is C11H15N5. The Hall–Kier alpha value is -1.78. The van der Waals surface area contributed by atoms with E-state index in [2.05, 4.69) is 20.2 Å².